The summed E-state index contributed by atoms with van der Waals surface area (Å²) >= 11 is 0. The average molecular weight is 273 g/mol. The van der Waals surface area contributed by atoms with Gasteiger partial charge in [-0.1, -0.05) is 25.1 Å². The Balaban J connectivity index is 2.19. The maximum atomic E-state index is 5.04. The summed E-state index contributed by atoms with van der Waals surface area (Å²) in [5, 5.41) is 7.94. The van der Waals surface area contributed by atoms with Gasteiger partial charge in [0.25, 0.3) is 0 Å². The minimum Gasteiger partial charge on any atom is -0.383 e. The Kier molecular flexibility index (Phi) is 5.32. The van der Waals surface area contributed by atoms with Crippen molar-refractivity contribution in [3.63, 3.8) is 0 Å². The van der Waals surface area contributed by atoms with Gasteiger partial charge in [0, 0.05) is 31.5 Å². The van der Waals surface area contributed by atoms with Crippen LogP contribution in [0.15, 0.2) is 30.5 Å². The van der Waals surface area contributed by atoms with Crippen LogP contribution < -0.4 is 5.32 Å². The average Bonchev–Trinajstić information content (AvgIpc) is 2.87. The van der Waals surface area contributed by atoms with Gasteiger partial charge >= 0.3 is 0 Å². The lowest BCUT2D eigenvalue weighted by Crippen LogP contribution is -2.19. The number of hydrogen-bond donors (Lipinski definition) is 1. The molecular formula is C16H23N3O. The molecule has 108 valence electrons. The summed E-state index contributed by atoms with van der Waals surface area (Å²) in [5.41, 5.74) is 4.92. The van der Waals surface area contributed by atoms with E-state index in [9.17, 15) is 0 Å². The molecule has 2 aromatic rings. The molecule has 0 atom stereocenters. The summed E-state index contributed by atoms with van der Waals surface area (Å²) in [6, 6.07) is 8.34. The van der Waals surface area contributed by atoms with E-state index in [-0.39, 0.29) is 0 Å². The number of para-hydroxylation sites is 1. The molecule has 0 spiro atoms. The monoisotopic (exact) mass is 273 g/mol. The Hall–Kier alpha value is -1.65. The highest BCUT2D eigenvalue weighted by molar-refractivity contribution is 5.41. The van der Waals surface area contributed by atoms with E-state index in [1.54, 1.807) is 7.11 Å². The molecule has 0 fully saturated rings. The Morgan fingerprint density at radius 3 is 2.80 bits per heavy atom. The number of benzene rings is 1. The first-order valence-corrected chi connectivity index (χ1v) is 7.09. The molecule has 0 radical (unpaired) electrons. The zero-order valence-corrected chi connectivity index (χ0v) is 12.5. The van der Waals surface area contributed by atoms with Gasteiger partial charge < -0.3 is 10.1 Å². The molecule has 0 amide bonds. The molecule has 4 nitrogen and oxygen atoms in total. The number of aryl methyl sites for hydroxylation is 1. The number of nitrogens with zero attached hydrogens (tertiary/aromatic N) is 2. The lowest BCUT2D eigenvalue weighted by atomic mass is 10.1. The van der Waals surface area contributed by atoms with Crippen molar-refractivity contribution in [1.29, 1.82) is 0 Å². The zero-order chi connectivity index (χ0) is 14.4. The van der Waals surface area contributed by atoms with Gasteiger partial charge in [-0.25, -0.2) is 4.68 Å². The van der Waals surface area contributed by atoms with Gasteiger partial charge in [0.1, 0.15) is 0 Å². The van der Waals surface area contributed by atoms with Gasteiger partial charge in [0.05, 0.1) is 18.5 Å². The zero-order valence-electron chi connectivity index (χ0n) is 12.5. The van der Waals surface area contributed by atoms with Crippen molar-refractivity contribution in [3.05, 3.63) is 47.3 Å². The van der Waals surface area contributed by atoms with Crippen molar-refractivity contribution in [1.82, 2.24) is 15.1 Å². The van der Waals surface area contributed by atoms with Crippen LogP contribution >= 0.6 is 0 Å². The first-order valence-electron chi connectivity index (χ1n) is 7.09. The smallest absolute Gasteiger partial charge is 0.0678 e. The van der Waals surface area contributed by atoms with Crippen LogP contribution in [0.1, 0.15) is 23.7 Å². The van der Waals surface area contributed by atoms with E-state index in [1.165, 1.54) is 16.8 Å². The largest absolute Gasteiger partial charge is 0.383 e. The molecule has 4 heteroatoms. The van der Waals surface area contributed by atoms with Crippen LogP contribution in [0.3, 0.4) is 0 Å². The van der Waals surface area contributed by atoms with Gasteiger partial charge in [0.15, 0.2) is 0 Å². The maximum Gasteiger partial charge on any atom is 0.0678 e. The molecule has 0 saturated heterocycles. The Bertz CT molecular complexity index is 548. The summed E-state index contributed by atoms with van der Waals surface area (Å²) in [7, 11) is 1.72. The van der Waals surface area contributed by atoms with Crippen molar-refractivity contribution in [2.24, 2.45) is 0 Å². The van der Waals surface area contributed by atoms with Crippen LogP contribution in [0, 0.1) is 6.92 Å². The highest BCUT2D eigenvalue weighted by Gasteiger charge is 2.11. The third kappa shape index (κ3) is 3.26. The number of rotatable bonds is 7. The van der Waals surface area contributed by atoms with E-state index in [0.29, 0.717) is 0 Å². The van der Waals surface area contributed by atoms with Crippen LogP contribution in [0.4, 0.5) is 0 Å². The van der Waals surface area contributed by atoms with E-state index in [4.69, 9.17) is 4.74 Å². The summed E-state index contributed by atoms with van der Waals surface area (Å²) in [4.78, 5) is 0. The predicted molar refractivity (Wildman–Crippen MR) is 81.3 cm³/mol. The van der Waals surface area contributed by atoms with E-state index < -0.39 is 0 Å². The number of hydrogen-bond acceptors (Lipinski definition) is 3. The molecule has 2 rings (SSSR count). The minimum absolute atomic E-state index is 0.730. The molecule has 1 aromatic heterocycles. The second-order valence-electron chi connectivity index (χ2n) is 4.84. The standard InChI is InChI=1S/C16H23N3O/c1-4-15-14(11-17-9-10-20-3)12-18-19(15)16-8-6-5-7-13(16)2/h5-8,12,17H,4,9-11H2,1-3H3. The molecule has 1 aromatic carbocycles. The Morgan fingerprint density at radius 2 is 2.10 bits per heavy atom. The van der Waals surface area contributed by atoms with E-state index in [2.05, 4.69) is 53.2 Å². The van der Waals surface area contributed by atoms with Crippen molar-refractivity contribution in [3.8, 4) is 5.69 Å². The minimum atomic E-state index is 0.730. The fourth-order valence-electron chi connectivity index (χ4n) is 2.34. The second-order valence-corrected chi connectivity index (χ2v) is 4.84. The molecule has 0 bridgehead atoms. The fourth-order valence-corrected chi connectivity index (χ4v) is 2.34. The molecule has 0 aliphatic carbocycles. The van der Waals surface area contributed by atoms with E-state index in [1.807, 2.05) is 6.20 Å². The third-order valence-electron chi connectivity index (χ3n) is 3.43. The van der Waals surface area contributed by atoms with Crippen LogP contribution in [0.5, 0.6) is 0 Å². The van der Waals surface area contributed by atoms with Crippen molar-refractivity contribution >= 4 is 0 Å². The van der Waals surface area contributed by atoms with E-state index >= 15 is 0 Å². The Labute approximate surface area is 120 Å². The summed E-state index contributed by atoms with van der Waals surface area (Å²) in [6.45, 7) is 6.71. The molecule has 1 heterocycles. The summed E-state index contributed by atoms with van der Waals surface area (Å²) < 4.78 is 7.10. The quantitative estimate of drug-likeness (QED) is 0.788. The summed E-state index contributed by atoms with van der Waals surface area (Å²) in [5.74, 6) is 0. The lowest BCUT2D eigenvalue weighted by molar-refractivity contribution is 0.199. The highest BCUT2D eigenvalue weighted by Crippen LogP contribution is 2.18. The van der Waals surface area contributed by atoms with Crippen LogP contribution in [-0.2, 0) is 17.7 Å². The van der Waals surface area contributed by atoms with Crippen molar-refractivity contribution < 1.29 is 4.74 Å². The van der Waals surface area contributed by atoms with Gasteiger partial charge in [-0.05, 0) is 25.0 Å². The maximum absolute atomic E-state index is 5.04. The van der Waals surface area contributed by atoms with Crippen molar-refractivity contribution in [2.45, 2.75) is 26.8 Å². The Morgan fingerprint density at radius 1 is 1.30 bits per heavy atom. The fraction of sp³-hybridized carbons (Fsp3) is 0.438. The van der Waals surface area contributed by atoms with Crippen LogP contribution in [-0.4, -0.2) is 30.0 Å². The molecule has 0 aliphatic rings. The SMILES string of the molecule is CCc1c(CNCCOC)cnn1-c1ccccc1C. The molecular weight excluding hydrogens is 250 g/mol. The predicted octanol–water partition coefficient (Wildman–Crippen LogP) is 2.48. The molecule has 0 saturated carbocycles. The van der Waals surface area contributed by atoms with Crippen LogP contribution in [0.25, 0.3) is 5.69 Å². The topological polar surface area (TPSA) is 39.1 Å². The summed E-state index contributed by atoms with van der Waals surface area (Å²) in [6.07, 6.45) is 2.93. The van der Waals surface area contributed by atoms with Gasteiger partial charge in [-0.2, -0.15) is 5.10 Å². The first kappa shape index (κ1) is 14.8. The van der Waals surface area contributed by atoms with Crippen molar-refractivity contribution in [2.75, 3.05) is 20.3 Å². The number of methoxy groups -OCH3 is 1. The highest BCUT2D eigenvalue weighted by atomic mass is 16.5. The van der Waals surface area contributed by atoms with Gasteiger partial charge in [-0.3, -0.25) is 0 Å². The molecule has 0 aliphatic heterocycles. The molecule has 0 unspecified atom stereocenters. The number of aromatic nitrogens is 2. The van der Waals surface area contributed by atoms with Gasteiger partial charge in [-0.15, -0.1) is 0 Å². The third-order valence-corrected chi connectivity index (χ3v) is 3.43. The first-order chi connectivity index (χ1) is 9.77. The lowest BCUT2D eigenvalue weighted by Gasteiger charge is -2.10. The normalized spacial score (nSPS) is 10.9. The van der Waals surface area contributed by atoms with Crippen LogP contribution in [0.2, 0.25) is 0 Å². The molecule has 1 N–H and O–H groups in total. The van der Waals surface area contributed by atoms with Gasteiger partial charge in [0.2, 0.25) is 0 Å². The second kappa shape index (κ2) is 7.22. The number of nitrogens with one attached hydrogen (secondary N) is 1. The molecule has 20 heavy (non-hydrogen) atoms. The van der Waals surface area contributed by atoms with E-state index in [0.717, 1.165) is 31.8 Å². The number of ether oxygens (including phenoxy) is 1.